The second kappa shape index (κ2) is 9.84. The molecule has 1 fully saturated rings. The molecule has 2 heterocycles. The number of thioether (sulfide) groups is 1. The molecule has 0 bridgehead atoms. The van der Waals surface area contributed by atoms with Gasteiger partial charge in [-0.2, -0.15) is 0 Å². The zero-order valence-electron chi connectivity index (χ0n) is 19.3. The zero-order valence-corrected chi connectivity index (χ0v) is 20.1. The van der Waals surface area contributed by atoms with Gasteiger partial charge in [-0.1, -0.05) is 91.0 Å². The van der Waals surface area contributed by atoms with Crippen LogP contribution in [0.15, 0.2) is 108 Å². The fourth-order valence-corrected chi connectivity index (χ4v) is 6.37. The van der Waals surface area contributed by atoms with Gasteiger partial charge in [-0.15, -0.1) is 11.8 Å². The lowest BCUT2D eigenvalue weighted by Gasteiger charge is -2.44. The Morgan fingerprint density at radius 3 is 1.71 bits per heavy atom. The number of nitrogens with one attached hydrogen (secondary N) is 2. The monoisotopic (exact) mass is 482 g/mol. The fraction of sp³-hybridized carbons (Fsp3) is 0.172. The first-order chi connectivity index (χ1) is 17.1. The predicted molar refractivity (Wildman–Crippen MR) is 140 cm³/mol. The first-order valence-electron chi connectivity index (χ1n) is 11.5. The molecule has 1 saturated heterocycles. The number of hydrogen-bond donors (Lipinski definition) is 2. The Hall–Kier alpha value is -3.77. The summed E-state index contributed by atoms with van der Waals surface area (Å²) in [7, 11) is 1.51. The van der Waals surface area contributed by atoms with Crippen LogP contribution in [0.4, 0.5) is 0 Å². The second-order valence-corrected chi connectivity index (χ2v) is 9.87. The smallest absolute Gasteiger partial charge is 0.253 e. The van der Waals surface area contributed by atoms with E-state index in [9.17, 15) is 9.59 Å². The number of carbonyl (C=O) groups is 1. The minimum absolute atomic E-state index is 0.0409. The number of benzene rings is 3. The number of methoxy groups -OCH3 is 1. The van der Waals surface area contributed by atoms with Crippen LogP contribution < -0.4 is 15.6 Å². The third kappa shape index (κ3) is 4.37. The summed E-state index contributed by atoms with van der Waals surface area (Å²) in [6.07, 6.45) is 0.358. The van der Waals surface area contributed by atoms with Gasteiger partial charge in [0.15, 0.2) is 5.88 Å². The largest absolute Gasteiger partial charge is 0.482 e. The van der Waals surface area contributed by atoms with Crippen molar-refractivity contribution in [3.8, 4) is 5.88 Å². The van der Waals surface area contributed by atoms with Crippen molar-refractivity contribution in [3.05, 3.63) is 136 Å². The molecule has 0 saturated carbocycles. The van der Waals surface area contributed by atoms with Crippen LogP contribution in [0.3, 0.4) is 0 Å². The van der Waals surface area contributed by atoms with Gasteiger partial charge < -0.3 is 10.1 Å². The van der Waals surface area contributed by atoms with Crippen molar-refractivity contribution in [2.24, 2.45) is 5.92 Å². The number of amides is 1. The Bertz CT molecular complexity index is 1260. The number of β-lactam (4-membered cyclic amide) rings is 1. The highest BCUT2D eigenvalue weighted by Crippen LogP contribution is 2.52. The van der Waals surface area contributed by atoms with Gasteiger partial charge in [0.25, 0.3) is 5.56 Å². The highest BCUT2D eigenvalue weighted by molar-refractivity contribution is 8.01. The summed E-state index contributed by atoms with van der Waals surface area (Å²) in [6, 6.07) is 34.6. The molecule has 176 valence electrons. The standard InChI is InChI=1S/C29H26N2O3S/c1-34-25-18-17-20(26(32)30-25)19-24-27(33)31-28(24)35-29(21-11-5-2-6-12-21,22-13-7-3-8-14-22)23-15-9-4-10-16-23/h2-18,24,28H,19H2,1H3,(H,30,32)(H,31,33). The van der Waals surface area contributed by atoms with Gasteiger partial charge in [0.1, 0.15) is 0 Å². The van der Waals surface area contributed by atoms with Crippen molar-refractivity contribution in [2.75, 3.05) is 7.11 Å². The molecular formula is C29H26N2O3S. The summed E-state index contributed by atoms with van der Waals surface area (Å²) >= 11 is 1.71. The lowest BCUT2D eigenvalue weighted by molar-refractivity contribution is -0.132. The molecule has 1 amide bonds. The number of ether oxygens (including phenoxy) is 1. The third-order valence-electron chi connectivity index (χ3n) is 6.46. The van der Waals surface area contributed by atoms with Crippen LogP contribution in [0.2, 0.25) is 0 Å². The van der Waals surface area contributed by atoms with E-state index < -0.39 is 4.75 Å². The molecule has 0 radical (unpaired) electrons. The van der Waals surface area contributed by atoms with E-state index in [1.54, 1.807) is 23.9 Å². The first kappa shape index (κ1) is 23.0. The van der Waals surface area contributed by atoms with E-state index in [0.29, 0.717) is 17.9 Å². The van der Waals surface area contributed by atoms with E-state index in [1.807, 2.05) is 54.6 Å². The molecule has 2 unspecified atom stereocenters. The minimum atomic E-state index is -0.549. The molecule has 2 N–H and O–H groups in total. The molecule has 5 rings (SSSR count). The number of aromatic nitrogens is 1. The van der Waals surface area contributed by atoms with Crippen LogP contribution in [-0.4, -0.2) is 23.4 Å². The van der Waals surface area contributed by atoms with Crippen molar-refractivity contribution in [2.45, 2.75) is 16.5 Å². The maximum atomic E-state index is 12.7. The van der Waals surface area contributed by atoms with Crippen molar-refractivity contribution in [1.82, 2.24) is 10.3 Å². The van der Waals surface area contributed by atoms with E-state index >= 15 is 0 Å². The molecular weight excluding hydrogens is 456 g/mol. The molecule has 1 aliphatic heterocycles. The van der Waals surface area contributed by atoms with Crippen LogP contribution in [0.5, 0.6) is 5.88 Å². The average Bonchev–Trinajstić information content (AvgIpc) is 2.91. The quantitative estimate of drug-likeness (QED) is 0.282. The van der Waals surface area contributed by atoms with E-state index in [0.717, 1.165) is 16.7 Å². The maximum Gasteiger partial charge on any atom is 0.253 e. The van der Waals surface area contributed by atoms with Crippen molar-refractivity contribution >= 4 is 17.7 Å². The molecule has 0 aliphatic carbocycles. The van der Waals surface area contributed by atoms with Gasteiger partial charge in [0.2, 0.25) is 5.91 Å². The Kier molecular flexibility index (Phi) is 6.47. The number of H-pyrrole nitrogens is 1. The SMILES string of the molecule is COc1ccc(CC2C(=O)NC2SC(c2ccccc2)(c2ccccc2)c2ccccc2)c(=O)[nH]1. The van der Waals surface area contributed by atoms with Gasteiger partial charge in [0, 0.05) is 5.56 Å². The number of rotatable bonds is 8. The van der Waals surface area contributed by atoms with Crippen LogP contribution in [-0.2, 0) is 16.0 Å². The molecule has 0 spiro atoms. The Morgan fingerprint density at radius 2 is 1.29 bits per heavy atom. The number of hydrogen-bond acceptors (Lipinski definition) is 4. The summed E-state index contributed by atoms with van der Waals surface area (Å²) in [5, 5.41) is 2.93. The zero-order chi connectivity index (χ0) is 24.3. The molecule has 6 heteroatoms. The molecule has 3 aromatic carbocycles. The maximum absolute atomic E-state index is 12.7. The lowest BCUT2D eigenvalue weighted by Crippen LogP contribution is -2.58. The summed E-state index contributed by atoms with van der Waals surface area (Å²) in [4.78, 5) is 28.0. The third-order valence-corrected chi connectivity index (χ3v) is 8.22. The van der Waals surface area contributed by atoms with Crippen molar-refractivity contribution < 1.29 is 9.53 Å². The van der Waals surface area contributed by atoms with Gasteiger partial charge in [0.05, 0.1) is 23.1 Å². The lowest BCUT2D eigenvalue weighted by atomic mass is 9.84. The summed E-state index contributed by atoms with van der Waals surface area (Å²) < 4.78 is 4.56. The van der Waals surface area contributed by atoms with Gasteiger partial charge in [-0.05, 0) is 35.2 Å². The first-order valence-corrected chi connectivity index (χ1v) is 12.4. The predicted octanol–water partition coefficient (Wildman–Crippen LogP) is 4.72. The molecule has 1 aliphatic rings. The molecule has 2 atom stereocenters. The van der Waals surface area contributed by atoms with E-state index in [-0.39, 0.29) is 22.8 Å². The topological polar surface area (TPSA) is 71.2 Å². The Labute approximate surface area is 208 Å². The number of aromatic amines is 1. The van der Waals surface area contributed by atoms with Gasteiger partial charge >= 0.3 is 0 Å². The second-order valence-electron chi connectivity index (χ2n) is 8.52. The summed E-state index contributed by atoms with van der Waals surface area (Å²) in [5.74, 6) is 0.0322. The van der Waals surface area contributed by atoms with E-state index in [4.69, 9.17) is 4.74 Å². The summed E-state index contributed by atoms with van der Waals surface area (Å²) in [5.41, 5.74) is 3.73. The highest BCUT2D eigenvalue weighted by atomic mass is 32.2. The summed E-state index contributed by atoms with van der Waals surface area (Å²) in [6.45, 7) is 0. The molecule has 35 heavy (non-hydrogen) atoms. The van der Waals surface area contributed by atoms with Crippen molar-refractivity contribution in [3.63, 3.8) is 0 Å². The van der Waals surface area contributed by atoms with Crippen LogP contribution >= 0.6 is 11.8 Å². The molecule has 5 nitrogen and oxygen atoms in total. The normalized spacial score (nSPS) is 17.3. The minimum Gasteiger partial charge on any atom is -0.482 e. The molecule has 4 aromatic rings. The van der Waals surface area contributed by atoms with Crippen LogP contribution in [0, 0.1) is 5.92 Å². The molecule has 1 aromatic heterocycles. The van der Waals surface area contributed by atoms with Gasteiger partial charge in [-0.3, -0.25) is 14.6 Å². The fourth-order valence-electron chi connectivity index (χ4n) is 4.62. The average molecular weight is 483 g/mol. The van der Waals surface area contributed by atoms with E-state index in [1.165, 1.54) is 7.11 Å². The van der Waals surface area contributed by atoms with Crippen molar-refractivity contribution in [1.29, 1.82) is 0 Å². The van der Waals surface area contributed by atoms with Crippen LogP contribution in [0.25, 0.3) is 0 Å². The Balaban J connectivity index is 1.56. The van der Waals surface area contributed by atoms with E-state index in [2.05, 4.69) is 46.7 Å². The Morgan fingerprint density at radius 1 is 0.771 bits per heavy atom. The number of carbonyl (C=O) groups excluding carboxylic acids is 1. The number of pyridine rings is 1. The van der Waals surface area contributed by atoms with Crippen LogP contribution in [0.1, 0.15) is 22.3 Å². The highest BCUT2D eigenvalue weighted by Gasteiger charge is 2.47. The van der Waals surface area contributed by atoms with Gasteiger partial charge in [-0.25, -0.2) is 0 Å².